The number of aryl methyl sites for hydroxylation is 2. The average molecular weight is 331 g/mol. The van der Waals surface area contributed by atoms with Crippen molar-refractivity contribution in [1.29, 1.82) is 0 Å². The summed E-state index contributed by atoms with van der Waals surface area (Å²) in [4.78, 5) is 10.1. The lowest BCUT2D eigenvalue weighted by atomic mass is 10.1. The van der Waals surface area contributed by atoms with Crippen LogP contribution in [0.15, 0.2) is 35.5 Å². The third-order valence-corrected chi connectivity index (χ3v) is 4.79. The SMILES string of the molecule is CCc1cnc(CCNC(=NC)NCCc2cccc(C)c2)s1. The van der Waals surface area contributed by atoms with E-state index in [1.807, 2.05) is 6.20 Å². The molecule has 0 amide bonds. The second kappa shape index (κ2) is 9.30. The van der Waals surface area contributed by atoms with E-state index in [4.69, 9.17) is 0 Å². The van der Waals surface area contributed by atoms with E-state index in [2.05, 4.69) is 58.7 Å². The van der Waals surface area contributed by atoms with Crippen molar-refractivity contribution < 1.29 is 0 Å². The first-order valence-corrected chi connectivity index (χ1v) is 8.96. The number of nitrogens with zero attached hydrogens (tertiary/aromatic N) is 2. The van der Waals surface area contributed by atoms with Gasteiger partial charge >= 0.3 is 0 Å². The Morgan fingerprint density at radius 2 is 2.00 bits per heavy atom. The molecule has 5 heteroatoms. The standard InChI is InChI=1S/C18H26N4S/c1-4-16-13-22-17(23-16)9-11-21-18(19-3)20-10-8-15-7-5-6-14(2)12-15/h5-7,12-13H,4,8-11H2,1-3H3,(H2,19,20,21). The molecule has 0 radical (unpaired) electrons. The zero-order valence-electron chi connectivity index (χ0n) is 14.2. The van der Waals surface area contributed by atoms with Crippen LogP contribution in [0.3, 0.4) is 0 Å². The molecule has 0 fully saturated rings. The summed E-state index contributed by atoms with van der Waals surface area (Å²) in [7, 11) is 1.81. The van der Waals surface area contributed by atoms with Crippen molar-refractivity contribution in [1.82, 2.24) is 15.6 Å². The van der Waals surface area contributed by atoms with Crippen LogP contribution < -0.4 is 10.6 Å². The van der Waals surface area contributed by atoms with E-state index in [1.165, 1.54) is 21.0 Å². The smallest absolute Gasteiger partial charge is 0.191 e. The van der Waals surface area contributed by atoms with Crippen molar-refractivity contribution in [2.24, 2.45) is 4.99 Å². The van der Waals surface area contributed by atoms with Crippen molar-refractivity contribution >= 4 is 17.3 Å². The summed E-state index contributed by atoms with van der Waals surface area (Å²) < 4.78 is 0. The molecule has 0 saturated heterocycles. The van der Waals surface area contributed by atoms with Gasteiger partial charge in [-0.1, -0.05) is 36.8 Å². The van der Waals surface area contributed by atoms with Crippen LogP contribution >= 0.6 is 11.3 Å². The van der Waals surface area contributed by atoms with E-state index < -0.39 is 0 Å². The fourth-order valence-electron chi connectivity index (χ4n) is 2.33. The van der Waals surface area contributed by atoms with Gasteiger partial charge in [0.2, 0.25) is 0 Å². The van der Waals surface area contributed by atoms with Crippen LogP contribution in [-0.4, -0.2) is 31.1 Å². The maximum absolute atomic E-state index is 4.44. The quantitative estimate of drug-likeness (QED) is 0.606. The van der Waals surface area contributed by atoms with Crippen LogP contribution in [0.25, 0.3) is 0 Å². The normalized spacial score (nSPS) is 11.5. The van der Waals surface area contributed by atoms with E-state index in [-0.39, 0.29) is 0 Å². The third kappa shape index (κ3) is 6.02. The average Bonchev–Trinajstić information content (AvgIpc) is 3.01. The highest BCUT2D eigenvalue weighted by Gasteiger charge is 2.02. The Bertz CT molecular complexity index is 633. The minimum Gasteiger partial charge on any atom is -0.356 e. The topological polar surface area (TPSA) is 49.3 Å². The van der Waals surface area contributed by atoms with E-state index in [1.54, 1.807) is 18.4 Å². The molecule has 0 aliphatic carbocycles. The highest BCUT2D eigenvalue weighted by Crippen LogP contribution is 2.13. The number of hydrogen-bond acceptors (Lipinski definition) is 3. The molecule has 0 atom stereocenters. The van der Waals surface area contributed by atoms with Gasteiger partial charge in [0.05, 0.1) is 5.01 Å². The Kier molecular flexibility index (Phi) is 7.07. The van der Waals surface area contributed by atoms with Gasteiger partial charge in [0, 0.05) is 37.6 Å². The first kappa shape index (κ1) is 17.5. The monoisotopic (exact) mass is 330 g/mol. The minimum atomic E-state index is 0.848. The lowest BCUT2D eigenvalue weighted by Gasteiger charge is -2.11. The molecule has 0 aliphatic heterocycles. The summed E-state index contributed by atoms with van der Waals surface area (Å²) in [5, 5.41) is 7.90. The Balaban J connectivity index is 1.69. The number of hydrogen-bond donors (Lipinski definition) is 2. The number of nitrogens with one attached hydrogen (secondary N) is 2. The number of aliphatic imine (C=N–C) groups is 1. The molecule has 2 N–H and O–H groups in total. The Labute approximate surface area is 143 Å². The minimum absolute atomic E-state index is 0.848. The maximum Gasteiger partial charge on any atom is 0.191 e. The van der Waals surface area contributed by atoms with Gasteiger partial charge in [-0.2, -0.15) is 0 Å². The van der Waals surface area contributed by atoms with Crippen molar-refractivity contribution in [3.63, 3.8) is 0 Å². The Morgan fingerprint density at radius 1 is 1.22 bits per heavy atom. The van der Waals surface area contributed by atoms with Gasteiger partial charge in [-0.25, -0.2) is 4.98 Å². The van der Waals surface area contributed by atoms with E-state index >= 15 is 0 Å². The summed E-state index contributed by atoms with van der Waals surface area (Å²) in [6.45, 7) is 6.01. The second-order valence-corrected chi connectivity index (χ2v) is 6.69. The number of aromatic nitrogens is 1. The van der Waals surface area contributed by atoms with Crippen LogP contribution in [0.4, 0.5) is 0 Å². The predicted molar refractivity (Wildman–Crippen MR) is 99.4 cm³/mol. The zero-order chi connectivity index (χ0) is 16.5. The van der Waals surface area contributed by atoms with Crippen LogP contribution in [0, 0.1) is 6.92 Å². The first-order valence-electron chi connectivity index (χ1n) is 8.15. The van der Waals surface area contributed by atoms with Gasteiger partial charge in [-0.05, 0) is 25.3 Å². The summed E-state index contributed by atoms with van der Waals surface area (Å²) in [6, 6.07) is 8.63. The van der Waals surface area contributed by atoms with E-state index in [0.717, 1.165) is 38.3 Å². The summed E-state index contributed by atoms with van der Waals surface area (Å²) in [6.07, 6.45) is 4.97. The highest BCUT2D eigenvalue weighted by atomic mass is 32.1. The maximum atomic E-state index is 4.44. The summed E-state index contributed by atoms with van der Waals surface area (Å²) in [5.41, 5.74) is 2.66. The molecule has 0 aliphatic rings. The molecule has 23 heavy (non-hydrogen) atoms. The van der Waals surface area contributed by atoms with Gasteiger partial charge in [-0.3, -0.25) is 4.99 Å². The molecule has 2 rings (SSSR count). The van der Waals surface area contributed by atoms with Crippen LogP contribution in [0.1, 0.15) is 27.9 Å². The molecular formula is C18H26N4S. The Hall–Kier alpha value is -1.88. The molecule has 2 aromatic rings. The van der Waals surface area contributed by atoms with Crippen LogP contribution in [0.5, 0.6) is 0 Å². The number of thiazole rings is 1. The molecule has 0 unspecified atom stereocenters. The molecule has 0 saturated carbocycles. The largest absolute Gasteiger partial charge is 0.356 e. The molecule has 1 aromatic carbocycles. The second-order valence-electron chi connectivity index (χ2n) is 5.49. The van der Waals surface area contributed by atoms with Crippen molar-refractivity contribution in [3.05, 3.63) is 51.5 Å². The predicted octanol–water partition coefficient (Wildman–Crippen LogP) is 2.96. The summed E-state index contributed by atoms with van der Waals surface area (Å²) in [5.74, 6) is 0.852. The van der Waals surface area contributed by atoms with Crippen molar-refractivity contribution in [3.8, 4) is 0 Å². The van der Waals surface area contributed by atoms with Crippen molar-refractivity contribution in [2.45, 2.75) is 33.1 Å². The Morgan fingerprint density at radius 3 is 2.65 bits per heavy atom. The number of benzene rings is 1. The van der Waals surface area contributed by atoms with Crippen LogP contribution in [0.2, 0.25) is 0 Å². The lowest BCUT2D eigenvalue weighted by molar-refractivity contribution is 0.782. The van der Waals surface area contributed by atoms with Gasteiger partial charge in [0.15, 0.2) is 5.96 Å². The van der Waals surface area contributed by atoms with Gasteiger partial charge in [0.1, 0.15) is 0 Å². The number of guanidine groups is 1. The molecule has 1 aromatic heterocycles. The van der Waals surface area contributed by atoms with Gasteiger partial charge < -0.3 is 10.6 Å². The fourth-order valence-corrected chi connectivity index (χ4v) is 3.19. The highest BCUT2D eigenvalue weighted by molar-refractivity contribution is 7.11. The molecule has 0 bridgehead atoms. The van der Waals surface area contributed by atoms with Gasteiger partial charge in [-0.15, -0.1) is 11.3 Å². The molecule has 4 nitrogen and oxygen atoms in total. The molecule has 124 valence electrons. The summed E-state index contributed by atoms with van der Waals surface area (Å²) >= 11 is 1.80. The molecule has 1 heterocycles. The first-order chi connectivity index (χ1) is 11.2. The third-order valence-electron chi connectivity index (χ3n) is 3.59. The molecule has 0 spiro atoms. The molecular weight excluding hydrogens is 304 g/mol. The van der Waals surface area contributed by atoms with Crippen LogP contribution in [-0.2, 0) is 19.3 Å². The fraction of sp³-hybridized carbons (Fsp3) is 0.444. The van der Waals surface area contributed by atoms with E-state index in [0.29, 0.717) is 0 Å². The van der Waals surface area contributed by atoms with E-state index in [9.17, 15) is 0 Å². The lowest BCUT2D eigenvalue weighted by Crippen LogP contribution is -2.39. The zero-order valence-corrected chi connectivity index (χ0v) is 15.0. The number of rotatable bonds is 7. The van der Waals surface area contributed by atoms with Gasteiger partial charge in [0.25, 0.3) is 0 Å². The van der Waals surface area contributed by atoms with Crippen molar-refractivity contribution in [2.75, 3.05) is 20.1 Å².